The number of aliphatic hydroxyl groups excluding tert-OH is 1. The van der Waals surface area contributed by atoms with E-state index in [0.717, 1.165) is 12.8 Å². The fraction of sp³-hybridized carbons (Fsp3) is 0.923. The molecule has 1 N–H and O–H groups in total. The normalized spacial score (nSPS) is 11.4. The number of amides is 1. The molecule has 1 amide bonds. The molecule has 0 aromatic heterocycles. The minimum atomic E-state index is -0.507. The van der Waals surface area contributed by atoms with Crippen LogP contribution in [0.3, 0.4) is 0 Å². The summed E-state index contributed by atoms with van der Waals surface area (Å²) in [4.78, 5) is 13.0. The van der Waals surface area contributed by atoms with Crippen LogP contribution in [0, 0.1) is 0 Å². The van der Waals surface area contributed by atoms with Gasteiger partial charge in [0.1, 0.15) is 12.3 Å². The highest BCUT2D eigenvalue weighted by atomic mass is 16.6. The second-order valence-electron chi connectivity index (χ2n) is 5.30. The lowest BCUT2D eigenvalue weighted by Crippen LogP contribution is -2.38. The van der Waals surface area contributed by atoms with Crippen LogP contribution >= 0.6 is 0 Å². The predicted molar refractivity (Wildman–Crippen MR) is 68.8 cm³/mol. The maximum absolute atomic E-state index is 11.7. The fourth-order valence-corrected chi connectivity index (χ4v) is 1.45. The van der Waals surface area contributed by atoms with Gasteiger partial charge in [-0.05, 0) is 27.2 Å². The summed E-state index contributed by atoms with van der Waals surface area (Å²) in [7, 11) is 0. The monoisotopic (exact) mass is 245 g/mol. The van der Waals surface area contributed by atoms with Crippen molar-refractivity contribution in [2.45, 2.75) is 65.4 Å². The Morgan fingerprint density at radius 3 is 2.24 bits per heavy atom. The first-order valence-corrected chi connectivity index (χ1v) is 6.49. The van der Waals surface area contributed by atoms with Crippen LogP contribution in [0.4, 0.5) is 4.79 Å². The zero-order valence-electron chi connectivity index (χ0n) is 11.7. The summed E-state index contributed by atoms with van der Waals surface area (Å²) in [5.41, 5.74) is -0.507. The van der Waals surface area contributed by atoms with Gasteiger partial charge in [-0.2, -0.15) is 0 Å². The van der Waals surface area contributed by atoms with Gasteiger partial charge in [-0.25, -0.2) is 4.79 Å². The third-order valence-electron chi connectivity index (χ3n) is 2.35. The Morgan fingerprint density at radius 1 is 1.18 bits per heavy atom. The number of carbonyl (C=O) groups excluding carboxylic acids is 1. The molecule has 0 aromatic rings. The Labute approximate surface area is 105 Å². The number of ether oxygens (including phenoxy) is 1. The molecule has 0 fully saturated rings. The highest BCUT2D eigenvalue weighted by molar-refractivity contribution is 5.67. The number of hydrogen-bond donors (Lipinski definition) is 1. The van der Waals surface area contributed by atoms with Crippen molar-refractivity contribution in [3.05, 3.63) is 0 Å². The zero-order chi connectivity index (χ0) is 13.3. The third-order valence-corrected chi connectivity index (χ3v) is 2.35. The van der Waals surface area contributed by atoms with Crippen molar-refractivity contribution in [2.75, 3.05) is 13.3 Å². The smallest absolute Gasteiger partial charge is 0.412 e. The van der Waals surface area contributed by atoms with E-state index in [1.165, 1.54) is 24.2 Å². The summed E-state index contributed by atoms with van der Waals surface area (Å²) < 4.78 is 5.20. The van der Waals surface area contributed by atoms with Crippen LogP contribution in [0.15, 0.2) is 0 Å². The average molecular weight is 245 g/mol. The van der Waals surface area contributed by atoms with E-state index < -0.39 is 11.7 Å². The van der Waals surface area contributed by atoms with E-state index in [2.05, 4.69) is 6.92 Å². The lowest BCUT2D eigenvalue weighted by Gasteiger charge is -2.25. The van der Waals surface area contributed by atoms with Crippen LogP contribution in [0.1, 0.15) is 59.8 Å². The third kappa shape index (κ3) is 8.98. The first kappa shape index (κ1) is 16.2. The standard InChI is InChI=1S/C13H27NO3/c1-5-6-7-8-9-10-14(11-15)12(16)17-13(2,3)4/h15H,5-11H2,1-4H3. The van der Waals surface area contributed by atoms with Crippen molar-refractivity contribution < 1.29 is 14.6 Å². The van der Waals surface area contributed by atoms with Gasteiger partial charge in [-0.3, -0.25) is 4.90 Å². The minimum absolute atomic E-state index is 0.275. The molecular formula is C13H27NO3. The summed E-state index contributed by atoms with van der Waals surface area (Å²) in [6, 6.07) is 0. The van der Waals surface area contributed by atoms with Crippen LogP contribution in [-0.4, -0.2) is 35.0 Å². The summed E-state index contributed by atoms with van der Waals surface area (Å²) in [5.74, 6) is 0. The van der Waals surface area contributed by atoms with E-state index in [1.807, 2.05) is 20.8 Å². The molecule has 102 valence electrons. The first-order chi connectivity index (χ1) is 7.90. The Hall–Kier alpha value is -0.770. The number of aliphatic hydroxyl groups is 1. The molecule has 0 saturated carbocycles. The molecule has 0 heterocycles. The van der Waals surface area contributed by atoms with Crippen LogP contribution in [0.2, 0.25) is 0 Å². The van der Waals surface area contributed by atoms with Gasteiger partial charge < -0.3 is 9.84 Å². The van der Waals surface area contributed by atoms with Crippen molar-refractivity contribution in [3.63, 3.8) is 0 Å². The molecule has 0 aliphatic carbocycles. The van der Waals surface area contributed by atoms with Crippen LogP contribution in [0.25, 0.3) is 0 Å². The number of hydrogen-bond acceptors (Lipinski definition) is 3. The lowest BCUT2D eigenvalue weighted by molar-refractivity contribution is 0.00585. The highest BCUT2D eigenvalue weighted by Gasteiger charge is 2.20. The van der Waals surface area contributed by atoms with E-state index in [0.29, 0.717) is 6.54 Å². The molecule has 0 aliphatic heterocycles. The van der Waals surface area contributed by atoms with Crippen molar-refractivity contribution >= 4 is 6.09 Å². The molecular weight excluding hydrogens is 218 g/mol. The predicted octanol–water partition coefficient (Wildman–Crippen LogP) is 3.14. The van der Waals surface area contributed by atoms with E-state index >= 15 is 0 Å². The molecule has 0 aliphatic rings. The number of rotatable bonds is 7. The average Bonchev–Trinajstić information content (AvgIpc) is 2.20. The molecule has 0 bridgehead atoms. The molecule has 17 heavy (non-hydrogen) atoms. The topological polar surface area (TPSA) is 49.8 Å². The van der Waals surface area contributed by atoms with Gasteiger partial charge >= 0.3 is 6.09 Å². The SMILES string of the molecule is CCCCCCCN(CO)C(=O)OC(C)(C)C. The Morgan fingerprint density at radius 2 is 1.76 bits per heavy atom. The number of nitrogens with zero attached hydrogens (tertiary/aromatic N) is 1. The van der Waals surface area contributed by atoms with Gasteiger partial charge in [0.15, 0.2) is 0 Å². The van der Waals surface area contributed by atoms with Gasteiger partial charge in [-0.15, -0.1) is 0 Å². The molecule has 0 radical (unpaired) electrons. The van der Waals surface area contributed by atoms with E-state index in [9.17, 15) is 4.79 Å². The molecule has 4 nitrogen and oxygen atoms in total. The van der Waals surface area contributed by atoms with Gasteiger partial charge in [0, 0.05) is 6.54 Å². The number of unbranched alkanes of at least 4 members (excludes halogenated alkanes) is 4. The lowest BCUT2D eigenvalue weighted by atomic mass is 10.1. The summed E-state index contributed by atoms with van der Waals surface area (Å²) >= 11 is 0. The van der Waals surface area contributed by atoms with Crippen molar-refractivity contribution in [1.82, 2.24) is 4.90 Å². The first-order valence-electron chi connectivity index (χ1n) is 6.49. The summed E-state index contributed by atoms with van der Waals surface area (Å²) in [6.45, 7) is 7.92. The fourth-order valence-electron chi connectivity index (χ4n) is 1.45. The molecule has 0 saturated heterocycles. The Balaban J connectivity index is 3.86. The zero-order valence-corrected chi connectivity index (χ0v) is 11.7. The van der Waals surface area contributed by atoms with Crippen molar-refractivity contribution in [2.24, 2.45) is 0 Å². The van der Waals surface area contributed by atoms with Gasteiger partial charge in [0.2, 0.25) is 0 Å². The maximum Gasteiger partial charge on any atom is 0.412 e. The van der Waals surface area contributed by atoms with Crippen LogP contribution in [-0.2, 0) is 4.74 Å². The molecule has 0 rings (SSSR count). The second kappa shape index (κ2) is 8.34. The molecule has 0 spiro atoms. The minimum Gasteiger partial charge on any atom is -0.444 e. The van der Waals surface area contributed by atoms with Gasteiger partial charge in [0.05, 0.1) is 0 Å². The summed E-state index contributed by atoms with van der Waals surface area (Å²) in [6.07, 6.45) is 5.19. The highest BCUT2D eigenvalue weighted by Crippen LogP contribution is 2.11. The van der Waals surface area contributed by atoms with E-state index in [-0.39, 0.29) is 6.73 Å². The molecule has 0 aromatic carbocycles. The Kier molecular flexibility index (Phi) is 7.96. The quantitative estimate of drug-likeness (QED) is 0.553. The van der Waals surface area contributed by atoms with E-state index in [1.54, 1.807) is 0 Å². The van der Waals surface area contributed by atoms with Crippen molar-refractivity contribution in [1.29, 1.82) is 0 Å². The number of carbonyl (C=O) groups is 1. The largest absolute Gasteiger partial charge is 0.444 e. The maximum atomic E-state index is 11.7. The van der Waals surface area contributed by atoms with Gasteiger partial charge in [-0.1, -0.05) is 32.6 Å². The summed E-state index contributed by atoms with van der Waals surface area (Å²) in [5, 5.41) is 9.12. The van der Waals surface area contributed by atoms with Gasteiger partial charge in [0.25, 0.3) is 0 Å². The molecule has 4 heteroatoms. The Bertz CT molecular complexity index is 211. The molecule has 0 atom stereocenters. The van der Waals surface area contributed by atoms with E-state index in [4.69, 9.17) is 9.84 Å². The van der Waals surface area contributed by atoms with Crippen molar-refractivity contribution in [3.8, 4) is 0 Å². The second-order valence-corrected chi connectivity index (χ2v) is 5.30. The molecule has 0 unspecified atom stereocenters. The van der Waals surface area contributed by atoms with Crippen LogP contribution < -0.4 is 0 Å². The van der Waals surface area contributed by atoms with Crippen LogP contribution in [0.5, 0.6) is 0 Å².